The summed E-state index contributed by atoms with van der Waals surface area (Å²) in [6, 6.07) is 101. The Balaban J connectivity index is 0.847. The molecule has 15 rings (SSSR count). The van der Waals surface area contributed by atoms with Crippen molar-refractivity contribution in [3.8, 4) is 50.2 Å². The van der Waals surface area contributed by atoms with Crippen LogP contribution < -0.4 is 4.90 Å². The molecule has 0 atom stereocenters. The molecule has 15 aromatic rings. The normalized spacial score (nSPS) is 11.7. The van der Waals surface area contributed by atoms with Gasteiger partial charge in [0, 0.05) is 49.7 Å². The van der Waals surface area contributed by atoms with Crippen molar-refractivity contribution in [2.75, 3.05) is 4.90 Å². The zero-order chi connectivity index (χ0) is 49.4. The van der Waals surface area contributed by atoms with Gasteiger partial charge in [0.25, 0.3) is 0 Å². The van der Waals surface area contributed by atoms with Crippen LogP contribution in [0.25, 0.3) is 126 Å². The van der Waals surface area contributed by atoms with Crippen molar-refractivity contribution >= 4 is 93.1 Å². The zero-order valence-electron chi connectivity index (χ0n) is 40.9. The van der Waals surface area contributed by atoms with Crippen molar-refractivity contribution in [2.24, 2.45) is 0 Å². The van der Waals surface area contributed by atoms with Crippen LogP contribution in [-0.4, -0.2) is 4.57 Å². The Morgan fingerprint density at radius 1 is 0.253 bits per heavy atom. The second-order valence-corrected chi connectivity index (χ2v) is 19.5. The van der Waals surface area contributed by atoms with Gasteiger partial charge in [-0.05, 0) is 132 Å². The van der Waals surface area contributed by atoms with Crippen molar-refractivity contribution < 1.29 is 4.42 Å². The molecule has 0 aliphatic carbocycles. The minimum atomic E-state index is 0.904. The van der Waals surface area contributed by atoms with Gasteiger partial charge in [-0.15, -0.1) is 0 Å². The van der Waals surface area contributed by atoms with Crippen LogP contribution in [0.2, 0.25) is 0 Å². The third kappa shape index (κ3) is 6.97. The monoisotopic (exact) mass is 954 g/mol. The molecule has 0 unspecified atom stereocenters. The van der Waals surface area contributed by atoms with Crippen LogP contribution in [0.4, 0.5) is 17.1 Å². The van der Waals surface area contributed by atoms with Crippen molar-refractivity contribution in [2.45, 2.75) is 0 Å². The Morgan fingerprint density at radius 3 is 1.40 bits per heavy atom. The van der Waals surface area contributed by atoms with Gasteiger partial charge in [0.2, 0.25) is 0 Å². The molecule has 0 aliphatic heterocycles. The van der Waals surface area contributed by atoms with Gasteiger partial charge < -0.3 is 13.9 Å². The number of furan rings is 1. The number of fused-ring (bicyclic) bond motifs is 12. The first-order valence-electron chi connectivity index (χ1n) is 25.7. The van der Waals surface area contributed by atoms with Crippen molar-refractivity contribution in [3.05, 3.63) is 279 Å². The van der Waals surface area contributed by atoms with Gasteiger partial charge in [0.1, 0.15) is 11.2 Å². The van der Waals surface area contributed by atoms with E-state index in [0.717, 1.165) is 72.5 Å². The van der Waals surface area contributed by atoms with Crippen LogP contribution in [-0.2, 0) is 0 Å². The standard InChI is InChI=1S/C72H46N2O/c1-2-20-56(62-25-7-11-31-68(62)74-69-32-12-8-26-63(69)64-27-9-13-33-70(64)74)54(19-1)48-37-41-52(42-38-48)73(53-43-44-61-59-23-4-3-21-57(59)58-22-5-6-24-60(58)67(61)46-53)51-39-35-47(36-40-51)49-17-15-18-50(45-49)55-29-16-30-66-65-28-10-14-34-71(65)75-72(55)66/h1-46H. The summed E-state index contributed by atoms with van der Waals surface area (Å²) in [5.41, 5.74) is 17.8. The van der Waals surface area contributed by atoms with E-state index in [-0.39, 0.29) is 0 Å². The maximum Gasteiger partial charge on any atom is 0.143 e. The van der Waals surface area contributed by atoms with Gasteiger partial charge in [-0.2, -0.15) is 0 Å². The number of benzene rings is 13. The highest BCUT2D eigenvalue weighted by molar-refractivity contribution is 6.26. The molecule has 0 saturated carbocycles. The number of nitrogens with zero attached hydrogens (tertiary/aromatic N) is 2. The van der Waals surface area contributed by atoms with Crippen LogP contribution in [0, 0.1) is 0 Å². The van der Waals surface area contributed by atoms with Crippen LogP contribution in [0.15, 0.2) is 283 Å². The number of anilines is 3. The molecule has 0 aliphatic rings. The molecule has 0 fully saturated rings. The van der Waals surface area contributed by atoms with E-state index in [4.69, 9.17) is 4.42 Å². The SMILES string of the molecule is c1cc(-c2ccc(N(c3ccc(-c4ccccc4-c4ccccc4-n4c5ccccc5c5ccccc54)cc3)c3ccc4c5ccccc5c5ccccc5c4c3)cc2)cc(-c2cccc3c2oc2ccccc23)c1. The zero-order valence-corrected chi connectivity index (χ0v) is 40.9. The number of hydrogen-bond donors (Lipinski definition) is 0. The third-order valence-electron chi connectivity index (χ3n) is 15.4. The smallest absolute Gasteiger partial charge is 0.143 e. The highest BCUT2D eigenvalue weighted by atomic mass is 16.3. The summed E-state index contributed by atoms with van der Waals surface area (Å²) in [7, 11) is 0. The lowest BCUT2D eigenvalue weighted by Gasteiger charge is -2.27. The average molecular weight is 955 g/mol. The molecule has 3 heteroatoms. The predicted molar refractivity (Wildman–Crippen MR) is 317 cm³/mol. The van der Waals surface area contributed by atoms with E-state index >= 15 is 0 Å². The summed E-state index contributed by atoms with van der Waals surface area (Å²) in [5.74, 6) is 0. The molecule has 2 aromatic heterocycles. The van der Waals surface area contributed by atoms with Gasteiger partial charge in [-0.1, -0.05) is 212 Å². The molecule has 0 bridgehead atoms. The topological polar surface area (TPSA) is 21.3 Å². The number of aromatic nitrogens is 1. The largest absolute Gasteiger partial charge is 0.455 e. The van der Waals surface area contributed by atoms with Crippen molar-refractivity contribution in [3.63, 3.8) is 0 Å². The molecule has 350 valence electrons. The van der Waals surface area contributed by atoms with E-state index in [1.54, 1.807) is 0 Å². The maximum atomic E-state index is 6.48. The fourth-order valence-electron chi connectivity index (χ4n) is 12.0. The Hall–Kier alpha value is -9.96. The fraction of sp³-hybridized carbons (Fsp3) is 0. The molecule has 0 spiro atoms. The Kier molecular flexibility index (Phi) is 9.89. The molecular formula is C72H46N2O. The Labute approximate surface area is 434 Å². The van der Waals surface area contributed by atoms with E-state index in [2.05, 4.69) is 276 Å². The summed E-state index contributed by atoms with van der Waals surface area (Å²) < 4.78 is 8.91. The molecule has 13 aromatic carbocycles. The van der Waals surface area contributed by atoms with Crippen molar-refractivity contribution in [1.29, 1.82) is 0 Å². The minimum Gasteiger partial charge on any atom is -0.455 e. The van der Waals surface area contributed by atoms with Crippen LogP contribution in [0.5, 0.6) is 0 Å². The van der Waals surface area contributed by atoms with Gasteiger partial charge in [-0.25, -0.2) is 0 Å². The second-order valence-electron chi connectivity index (χ2n) is 19.5. The van der Waals surface area contributed by atoms with E-state index < -0.39 is 0 Å². The number of rotatable bonds is 8. The van der Waals surface area contributed by atoms with Gasteiger partial charge in [-0.3, -0.25) is 0 Å². The summed E-state index contributed by atoms with van der Waals surface area (Å²) in [6.45, 7) is 0. The van der Waals surface area contributed by atoms with Crippen LogP contribution in [0.3, 0.4) is 0 Å². The van der Waals surface area contributed by atoms with E-state index in [1.165, 1.54) is 70.8 Å². The maximum absolute atomic E-state index is 6.48. The fourth-order valence-corrected chi connectivity index (χ4v) is 12.0. The highest BCUT2D eigenvalue weighted by Gasteiger charge is 2.20. The summed E-state index contributed by atoms with van der Waals surface area (Å²) in [5, 5.41) is 12.3. The second kappa shape index (κ2) is 17.4. The number of para-hydroxylation sites is 5. The minimum absolute atomic E-state index is 0.904. The lowest BCUT2D eigenvalue weighted by atomic mass is 9.93. The van der Waals surface area contributed by atoms with E-state index in [0.29, 0.717) is 0 Å². The highest BCUT2D eigenvalue weighted by Crippen LogP contribution is 2.45. The van der Waals surface area contributed by atoms with Gasteiger partial charge in [0.15, 0.2) is 0 Å². The lowest BCUT2D eigenvalue weighted by molar-refractivity contribution is 0.670. The van der Waals surface area contributed by atoms with Gasteiger partial charge >= 0.3 is 0 Å². The summed E-state index contributed by atoms with van der Waals surface area (Å²) in [4.78, 5) is 2.40. The molecule has 2 heterocycles. The Bertz CT molecular complexity index is 4620. The quantitative estimate of drug-likeness (QED) is 0.142. The molecule has 3 nitrogen and oxygen atoms in total. The average Bonchev–Trinajstić information content (AvgIpc) is 4.07. The molecule has 0 radical (unpaired) electrons. The van der Waals surface area contributed by atoms with E-state index in [9.17, 15) is 0 Å². The number of hydrogen-bond acceptors (Lipinski definition) is 2. The van der Waals surface area contributed by atoms with Crippen LogP contribution in [0.1, 0.15) is 0 Å². The molecular weight excluding hydrogens is 909 g/mol. The lowest BCUT2D eigenvalue weighted by Crippen LogP contribution is -2.10. The first-order valence-corrected chi connectivity index (χ1v) is 25.7. The van der Waals surface area contributed by atoms with E-state index in [1.807, 2.05) is 12.1 Å². The molecule has 0 N–H and O–H groups in total. The molecule has 0 amide bonds. The Morgan fingerprint density at radius 2 is 0.720 bits per heavy atom. The van der Waals surface area contributed by atoms with Gasteiger partial charge in [0.05, 0.1) is 16.7 Å². The summed E-state index contributed by atoms with van der Waals surface area (Å²) in [6.07, 6.45) is 0. The van der Waals surface area contributed by atoms with Crippen LogP contribution >= 0.6 is 0 Å². The van der Waals surface area contributed by atoms with Crippen molar-refractivity contribution in [1.82, 2.24) is 4.57 Å². The first kappa shape index (κ1) is 42.7. The summed E-state index contributed by atoms with van der Waals surface area (Å²) >= 11 is 0. The molecule has 0 saturated heterocycles. The first-order chi connectivity index (χ1) is 37.2. The third-order valence-corrected chi connectivity index (χ3v) is 15.4. The predicted octanol–water partition coefficient (Wildman–Crippen LogP) is 20.3. The molecule has 75 heavy (non-hydrogen) atoms.